The second kappa shape index (κ2) is 6.89. The molecule has 2 heterocycles. The lowest BCUT2D eigenvalue weighted by molar-refractivity contribution is -0.327. The van der Waals surface area contributed by atoms with Crippen LogP contribution in [-0.4, -0.2) is 60.9 Å². The van der Waals surface area contributed by atoms with E-state index in [1.807, 2.05) is 36.4 Å². The number of aliphatic hydroxyl groups is 2. The van der Waals surface area contributed by atoms with Gasteiger partial charge in [0.1, 0.15) is 5.41 Å². The largest absolute Gasteiger partial charge is 0.468 e. The van der Waals surface area contributed by atoms with Crippen molar-refractivity contribution in [2.45, 2.75) is 43.5 Å². The van der Waals surface area contributed by atoms with Crippen LogP contribution in [0.1, 0.15) is 24.7 Å². The van der Waals surface area contributed by atoms with Crippen LogP contribution in [0.25, 0.3) is 0 Å². The molecule has 4 aliphatic rings. The molecule has 7 heteroatoms. The number of hydrogen-bond donors (Lipinski definition) is 2. The minimum absolute atomic E-state index is 0.0672. The van der Waals surface area contributed by atoms with Crippen molar-refractivity contribution in [2.75, 3.05) is 20.3 Å². The normalized spacial score (nSPS) is 44.9. The second-order valence-electron chi connectivity index (χ2n) is 8.45. The lowest BCUT2D eigenvalue weighted by Gasteiger charge is -2.60. The number of esters is 1. The summed E-state index contributed by atoms with van der Waals surface area (Å²) < 4.78 is 24.0. The molecule has 2 aliphatic carbocycles. The molecule has 0 radical (unpaired) electrons. The van der Waals surface area contributed by atoms with E-state index in [1.165, 1.54) is 7.11 Å². The summed E-state index contributed by atoms with van der Waals surface area (Å²) in [4.78, 5) is 13.2. The molecule has 3 fully saturated rings. The highest BCUT2D eigenvalue weighted by Gasteiger charge is 2.74. The van der Waals surface area contributed by atoms with Gasteiger partial charge in [-0.15, -0.1) is 0 Å². The molecule has 5 rings (SSSR count). The highest BCUT2D eigenvalue weighted by Crippen LogP contribution is 2.65. The van der Waals surface area contributed by atoms with Crippen molar-refractivity contribution in [3.63, 3.8) is 0 Å². The van der Waals surface area contributed by atoms with Gasteiger partial charge in [-0.3, -0.25) is 4.79 Å². The maximum Gasteiger partial charge on any atom is 0.317 e. The number of fused-ring (bicyclic) bond motifs is 4. The van der Waals surface area contributed by atoms with Gasteiger partial charge in [-0.2, -0.15) is 0 Å². The van der Waals surface area contributed by atoms with Crippen molar-refractivity contribution in [2.24, 2.45) is 16.7 Å². The Bertz CT molecular complexity index is 811. The fourth-order valence-electron chi connectivity index (χ4n) is 6.07. The molecular formula is C22H26O7. The molecule has 156 valence electrons. The first-order valence-electron chi connectivity index (χ1n) is 10.1. The van der Waals surface area contributed by atoms with Gasteiger partial charge in [-0.25, -0.2) is 0 Å². The van der Waals surface area contributed by atoms with E-state index in [0.717, 1.165) is 5.56 Å². The second-order valence-corrected chi connectivity index (χ2v) is 8.45. The van der Waals surface area contributed by atoms with Gasteiger partial charge in [0.25, 0.3) is 0 Å². The van der Waals surface area contributed by atoms with Crippen molar-refractivity contribution in [1.82, 2.24) is 0 Å². The number of benzene rings is 1. The molecule has 2 aliphatic heterocycles. The minimum atomic E-state index is -1.06. The zero-order valence-electron chi connectivity index (χ0n) is 16.3. The van der Waals surface area contributed by atoms with Gasteiger partial charge in [-0.1, -0.05) is 42.5 Å². The number of rotatable bonds is 4. The van der Waals surface area contributed by atoms with Crippen LogP contribution < -0.4 is 0 Å². The van der Waals surface area contributed by atoms with Crippen LogP contribution in [0.2, 0.25) is 0 Å². The minimum Gasteiger partial charge on any atom is -0.468 e. The Balaban J connectivity index is 1.66. The van der Waals surface area contributed by atoms with E-state index in [2.05, 4.69) is 0 Å². The Kier molecular flexibility index (Phi) is 4.56. The van der Waals surface area contributed by atoms with Gasteiger partial charge in [0.05, 0.1) is 38.1 Å². The van der Waals surface area contributed by atoms with Crippen molar-refractivity contribution in [3.8, 4) is 0 Å². The van der Waals surface area contributed by atoms with E-state index in [0.29, 0.717) is 12.8 Å². The Morgan fingerprint density at radius 3 is 2.72 bits per heavy atom. The Morgan fingerprint density at radius 1 is 1.24 bits per heavy atom. The fraction of sp³-hybridized carbons (Fsp3) is 0.591. The van der Waals surface area contributed by atoms with Crippen LogP contribution >= 0.6 is 0 Å². The van der Waals surface area contributed by atoms with Crippen molar-refractivity contribution < 1.29 is 34.0 Å². The SMILES string of the molecule is COC(=O)[C@]12CO[C@@H]3[C@H](O)C=C[C@](CCO)([C@H]4C[C@@H]1O[C@@H](c1ccccc1)O4)[C@H]32. The standard InChI is InChI=1S/C22H26O7/c1-26-20(25)22-12-27-17-14(24)7-8-21(9-10-23,18(17)22)15-11-16(22)29-19(28-15)13-5-3-2-4-6-13/h2-8,14-19,23-24H,9-12H2,1H3/t14-,15-,16+,17-,18+,19+,21+,22-/m1/s1. The molecule has 8 atom stereocenters. The summed E-state index contributed by atoms with van der Waals surface area (Å²) in [5.41, 5.74) is -0.848. The van der Waals surface area contributed by atoms with Crippen LogP contribution in [0.5, 0.6) is 0 Å². The van der Waals surface area contributed by atoms with E-state index in [4.69, 9.17) is 18.9 Å². The molecule has 1 aromatic carbocycles. The van der Waals surface area contributed by atoms with E-state index in [9.17, 15) is 15.0 Å². The van der Waals surface area contributed by atoms with E-state index in [1.54, 1.807) is 6.08 Å². The quantitative estimate of drug-likeness (QED) is 0.580. The number of ether oxygens (including phenoxy) is 4. The molecule has 2 saturated heterocycles. The summed E-state index contributed by atoms with van der Waals surface area (Å²) in [6.45, 7) is 0.0438. The number of carbonyl (C=O) groups excluding carboxylic acids is 1. The van der Waals surface area contributed by atoms with Crippen molar-refractivity contribution in [3.05, 3.63) is 48.0 Å². The van der Waals surface area contributed by atoms with Gasteiger partial charge in [-0.05, 0) is 6.42 Å². The van der Waals surface area contributed by atoms with Gasteiger partial charge >= 0.3 is 5.97 Å². The van der Waals surface area contributed by atoms with Gasteiger partial charge in [0, 0.05) is 29.9 Å². The number of hydrogen-bond acceptors (Lipinski definition) is 7. The van der Waals surface area contributed by atoms with E-state index < -0.39 is 47.3 Å². The summed E-state index contributed by atoms with van der Waals surface area (Å²) in [6.07, 6.45) is 1.74. The van der Waals surface area contributed by atoms with Crippen LogP contribution in [0.4, 0.5) is 0 Å². The first-order valence-corrected chi connectivity index (χ1v) is 10.1. The predicted octanol–water partition coefficient (Wildman–Crippen LogP) is 1.35. The summed E-state index contributed by atoms with van der Waals surface area (Å²) in [6, 6.07) is 9.62. The average molecular weight is 402 g/mol. The monoisotopic (exact) mass is 402 g/mol. The lowest BCUT2D eigenvalue weighted by Crippen LogP contribution is -2.68. The lowest BCUT2D eigenvalue weighted by atomic mass is 9.48. The highest BCUT2D eigenvalue weighted by atomic mass is 16.7. The Labute approximate surface area is 169 Å². The summed E-state index contributed by atoms with van der Waals surface area (Å²) >= 11 is 0. The van der Waals surface area contributed by atoms with Gasteiger partial charge in [0.2, 0.25) is 0 Å². The van der Waals surface area contributed by atoms with Crippen LogP contribution in [0.15, 0.2) is 42.5 Å². The zero-order chi connectivity index (χ0) is 20.2. The Hall–Kier alpha value is -1.77. The predicted molar refractivity (Wildman–Crippen MR) is 101 cm³/mol. The van der Waals surface area contributed by atoms with E-state index in [-0.39, 0.29) is 19.3 Å². The van der Waals surface area contributed by atoms with Crippen molar-refractivity contribution >= 4 is 5.97 Å². The number of carbonyl (C=O) groups is 1. The van der Waals surface area contributed by atoms with Crippen molar-refractivity contribution in [1.29, 1.82) is 0 Å². The molecule has 7 nitrogen and oxygen atoms in total. The van der Waals surface area contributed by atoms with E-state index >= 15 is 0 Å². The maximum atomic E-state index is 13.2. The number of methoxy groups -OCH3 is 1. The molecule has 2 bridgehead atoms. The zero-order valence-corrected chi connectivity index (χ0v) is 16.3. The Morgan fingerprint density at radius 2 is 2.00 bits per heavy atom. The summed E-state index contributed by atoms with van der Waals surface area (Å²) in [5.74, 6) is -0.804. The third-order valence-corrected chi connectivity index (χ3v) is 7.28. The number of aliphatic hydroxyl groups excluding tert-OH is 2. The summed E-state index contributed by atoms with van der Waals surface area (Å²) in [7, 11) is 1.37. The van der Waals surface area contributed by atoms with Crippen LogP contribution in [-0.2, 0) is 23.7 Å². The maximum absolute atomic E-state index is 13.2. The topological polar surface area (TPSA) is 94.5 Å². The average Bonchev–Trinajstić information content (AvgIpc) is 3.18. The molecular weight excluding hydrogens is 376 g/mol. The fourth-order valence-corrected chi connectivity index (χ4v) is 6.07. The first-order chi connectivity index (χ1) is 14.1. The molecule has 0 unspecified atom stereocenters. The smallest absolute Gasteiger partial charge is 0.317 e. The molecule has 29 heavy (non-hydrogen) atoms. The molecule has 1 aromatic rings. The van der Waals surface area contributed by atoms with Crippen LogP contribution in [0.3, 0.4) is 0 Å². The van der Waals surface area contributed by atoms with Gasteiger partial charge in [0.15, 0.2) is 6.29 Å². The van der Waals surface area contributed by atoms with Gasteiger partial charge < -0.3 is 29.2 Å². The summed E-state index contributed by atoms with van der Waals surface area (Å²) in [5, 5.41) is 20.5. The molecule has 0 amide bonds. The third-order valence-electron chi connectivity index (χ3n) is 7.28. The molecule has 2 N–H and O–H groups in total. The first kappa shape index (κ1) is 19.2. The van der Waals surface area contributed by atoms with Crippen LogP contribution in [0, 0.1) is 16.7 Å². The third kappa shape index (κ3) is 2.52. The molecule has 0 spiro atoms. The molecule has 1 saturated carbocycles. The highest BCUT2D eigenvalue weighted by molar-refractivity contribution is 5.79. The molecule has 0 aromatic heterocycles.